The van der Waals surface area contributed by atoms with Crippen LogP contribution in [0.4, 0.5) is 0 Å². The highest BCUT2D eigenvalue weighted by molar-refractivity contribution is 7.89. The number of nitrogens with zero attached hydrogens (tertiary/aromatic N) is 2. The summed E-state index contributed by atoms with van der Waals surface area (Å²) in [6.45, 7) is 2.96. The highest BCUT2D eigenvalue weighted by Crippen LogP contribution is 2.32. The molecule has 108 valence electrons. The second-order valence-corrected chi connectivity index (χ2v) is 7.69. The van der Waals surface area contributed by atoms with Crippen molar-refractivity contribution in [3.8, 4) is 0 Å². The number of para-hydroxylation sites is 1. The molecule has 3 rings (SSSR count). The van der Waals surface area contributed by atoms with E-state index in [-0.39, 0.29) is 5.75 Å². The maximum absolute atomic E-state index is 12.0. The van der Waals surface area contributed by atoms with Crippen LogP contribution in [-0.2, 0) is 17.1 Å². The van der Waals surface area contributed by atoms with E-state index in [1.165, 1.54) is 16.6 Å². The molecule has 2 aromatic rings. The van der Waals surface area contributed by atoms with E-state index in [9.17, 15) is 8.42 Å². The molecule has 1 saturated heterocycles. The predicted molar refractivity (Wildman–Crippen MR) is 81.3 cm³/mol. The summed E-state index contributed by atoms with van der Waals surface area (Å²) in [6.07, 6.45) is 0.906. The number of sulfonamides is 1. The monoisotopic (exact) mass is 292 g/mol. The van der Waals surface area contributed by atoms with Gasteiger partial charge in [0.1, 0.15) is 0 Å². The van der Waals surface area contributed by atoms with Gasteiger partial charge in [-0.1, -0.05) is 18.2 Å². The normalized spacial score (nSPS) is 20.8. The predicted octanol–water partition coefficient (Wildman–Crippen LogP) is 2.32. The molecule has 0 N–H and O–H groups in total. The zero-order valence-corrected chi connectivity index (χ0v) is 12.7. The lowest BCUT2D eigenvalue weighted by Gasteiger charge is -2.15. The van der Waals surface area contributed by atoms with Gasteiger partial charge in [0.05, 0.1) is 5.75 Å². The zero-order valence-electron chi connectivity index (χ0n) is 11.9. The van der Waals surface area contributed by atoms with Crippen LogP contribution in [0.2, 0.25) is 0 Å². The van der Waals surface area contributed by atoms with Crippen molar-refractivity contribution in [2.75, 3.05) is 18.8 Å². The quantitative estimate of drug-likeness (QED) is 0.871. The van der Waals surface area contributed by atoms with Crippen molar-refractivity contribution < 1.29 is 8.42 Å². The van der Waals surface area contributed by atoms with E-state index in [4.69, 9.17) is 0 Å². The highest BCUT2D eigenvalue weighted by atomic mass is 32.2. The molecular formula is C15H20N2O2S. The van der Waals surface area contributed by atoms with E-state index >= 15 is 0 Å². The van der Waals surface area contributed by atoms with Crippen LogP contribution in [-0.4, -0.2) is 36.1 Å². The Balaban J connectivity index is 1.92. The van der Waals surface area contributed by atoms with Gasteiger partial charge in [0.25, 0.3) is 0 Å². The Hall–Kier alpha value is -1.33. The molecule has 1 unspecified atom stereocenters. The molecule has 0 amide bonds. The topological polar surface area (TPSA) is 42.3 Å². The van der Waals surface area contributed by atoms with Crippen LogP contribution in [0.15, 0.2) is 30.3 Å². The Kier molecular flexibility index (Phi) is 3.34. The average Bonchev–Trinajstić information content (AvgIpc) is 3.05. The molecule has 0 spiro atoms. The van der Waals surface area contributed by atoms with Gasteiger partial charge in [-0.2, -0.15) is 0 Å². The van der Waals surface area contributed by atoms with Crippen LogP contribution >= 0.6 is 0 Å². The van der Waals surface area contributed by atoms with Gasteiger partial charge in [0.2, 0.25) is 10.0 Å². The molecule has 5 heteroatoms. The summed E-state index contributed by atoms with van der Waals surface area (Å²) in [5, 5.41) is 1.22. The molecule has 0 aliphatic carbocycles. The van der Waals surface area contributed by atoms with Crippen molar-refractivity contribution in [3.63, 3.8) is 0 Å². The minimum atomic E-state index is -3.06. The van der Waals surface area contributed by atoms with E-state index in [0.717, 1.165) is 6.42 Å². The van der Waals surface area contributed by atoms with Crippen molar-refractivity contribution in [1.29, 1.82) is 0 Å². The smallest absolute Gasteiger partial charge is 0.213 e. The van der Waals surface area contributed by atoms with Crippen LogP contribution in [0.3, 0.4) is 0 Å². The third kappa shape index (κ3) is 2.15. The maximum atomic E-state index is 12.0. The summed E-state index contributed by atoms with van der Waals surface area (Å²) in [5.41, 5.74) is 2.44. The largest absolute Gasteiger partial charge is 0.347 e. The van der Waals surface area contributed by atoms with Crippen molar-refractivity contribution >= 4 is 20.9 Å². The van der Waals surface area contributed by atoms with Gasteiger partial charge in [-0.15, -0.1) is 0 Å². The molecule has 1 aliphatic heterocycles. The lowest BCUT2D eigenvalue weighted by Crippen LogP contribution is -2.30. The van der Waals surface area contributed by atoms with E-state index in [0.29, 0.717) is 19.0 Å². The van der Waals surface area contributed by atoms with Gasteiger partial charge in [0, 0.05) is 37.3 Å². The summed E-state index contributed by atoms with van der Waals surface area (Å²) in [4.78, 5) is 0. The van der Waals surface area contributed by atoms with Crippen LogP contribution in [0.1, 0.15) is 25.0 Å². The molecule has 20 heavy (non-hydrogen) atoms. The van der Waals surface area contributed by atoms with Gasteiger partial charge in [-0.05, 0) is 30.9 Å². The molecule has 0 saturated carbocycles. The molecule has 2 heterocycles. The molecule has 1 fully saturated rings. The number of benzene rings is 1. The number of hydrogen-bond donors (Lipinski definition) is 0. The minimum Gasteiger partial charge on any atom is -0.347 e. The molecule has 4 nitrogen and oxygen atoms in total. The Morgan fingerprint density at radius 3 is 2.75 bits per heavy atom. The van der Waals surface area contributed by atoms with Gasteiger partial charge in [-0.25, -0.2) is 12.7 Å². The standard InChI is InChI=1S/C15H20N2O2S/c1-3-20(18,19)17-9-8-13(11-17)15-10-12-6-4-5-7-14(12)16(15)2/h4-7,10,13H,3,8-9,11H2,1-2H3. The van der Waals surface area contributed by atoms with Crippen LogP contribution in [0, 0.1) is 0 Å². The first kappa shape index (κ1) is 13.6. The number of fused-ring (bicyclic) bond motifs is 1. The van der Waals surface area contributed by atoms with E-state index < -0.39 is 10.0 Å². The lowest BCUT2D eigenvalue weighted by molar-refractivity contribution is 0.472. The van der Waals surface area contributed by atoms with Crippen LogP contribution in [0.5, 0.6) is 0 Å². The fourth-order valence-electron chi connectivity index (χ4n) is 3.11. The van der Waals surface area contributed by atoms with Gasteiger partial charge >= 0.3 is 0 Å². The first-order valence-corrected chi connectivity index (χ1v) is 8.66. The van der Waals surface area contributed by atoms with Crippen molar-refractivity contribution in [2.24, 2.45) is 7.05 Å². The van der Waals surface area contributed by atoms with Gasteiger partial charge < -0.3 is 4.57 Å². The molecular weight excluding hydrogens is 272 g/mol. The molecule has 1 aromatic heterocycles. The Morgan fingerprint density at radius 2 is 2.05 bits per heavy atom. The first-order valence-electron chi connectivity index (χ1n) is 7.05. The molecule has 1 atom stereocenters. The van der Waals surface area contributed by atoms with Crippen molar-refractivity contribution in [1.82, 2.24) is 8.87 Å². The molecule has 1 aliphatic rings. The van der Waals surface area contributed by atoms with E-state index in [1.807, 2.05) is 12.1 Å². The Morgan fingerprint density at radius 1 is 1.30 bits per heavy atom. The first-order chi connectivity index (χ1) is 9.53. The number of rotatable bonds is 3. The fourth-order valence-corrected chi connectivity index (χ4v) is 4.26. The lowest BCUT2D eigenvalue weighted by atomic mass is 10.1. The second kappa shape index (κ2) is 4.90. The summed E-state index contributed by atoms with van der Waals surface area (Å²) >= 11 is 0. The van der Waals surface area contributed by atoms with Crippen LogP contribution in [0.25, 0.3) is 10.9 Å². The minimum absolute atomic E-state index is 0.189. The summed E-state index contributed by atoms with van der Waals surface area (Å²) in [7, 11) is -0.994. The Labute approximate surface area is 120 Å². The third-order valence-corrected chi connectivity index (χ3v) is 6.16. The SMILES string of the molecule is CCS(=O)(=O)N1CCC(c2cc3ccccc3n2C)C1. The number of hydrogen-bond acceptors (Lipinski definition) is 2. The summed E-state index contributed by atoms with van der Waals surface area (Å²) in [5.74, 6) is 0.489. The highest BCUT2D eigenvalue weighted by Gasteiger charge is 2.32. The number of aromatic nitrogens is 1. The van der Waals surface area contributed by atoms with Gasteiger partial charge in [0.15, 0.2) is 0 Å². The zero-order chi connectivity index (χ0) is 14.3. The van der Waals surface area contributed by atoms with Crippen molar-refractivity contribution in [3.05, 3.63) is 36.0 Å². The van der Waals surface area contributed by atoms with Crippen molar-refractivity contribution in [2.45, 2.75) is 19.3 Å². The average molecular weight is 292 g/mol. The van der Waals surface area contributed by atoms with Gasteiger partial charge in [-0.3, -0.25) is 0 Å². The molecule has 0 radical (unpaired) electrons. The fraction of sp³-hybridized carbons (Fsp3) is 0.467. The molecule has 0 bridgehead atoms. The summed E-state index contributed by atoms with van der Waals surface area (Å²) < 4.78 is 27.7. The molecule has 1 aromatic carbocycles. The second-order valence-electron chi connectivity index (χ2n) is 5.43. The van der Waals surface area contributed by atoms with Crippen LogP contribution < -0.4 is 0 Å². The maximum Gasteiger partial charge on any atom is 0.213 e. The number of aryl methyl sites for hydroxylation is 1. The Bertz CT molecular complexity index is 733. The third-order valence-electron chi connectivity index (χ3n) is 4.32. The van der Waals surface area contributed by atoms with E-state index in [2.05, 4.69) is 29.8 Å². The van der Waals surface area contributed by atoms with E-state index in [1.54, 1.807) is 11.2 Å². The summed E-state index contributed by atoms with van der Waals surface area (Å²) in [6, 6.07) is 10.5.